The molecule has 3 heterocycles. The Bertz CT molecular complexity index is 1350. The second-order valence-electron chi connectivity index (χ2n) is 9.23. The van der Waals surface area contributed by atoms with Gasteiger partial charge in [-0.2, -0.15) is 0 Å². The van der Waals surface area contributed by atoms with E-state index in [0.717, 1.165) is 41.5 Å². The zero-order chi connectivity index (χ0) is 22.5. The van der Waals surface area contributed by atoms with Crippen LogP contribution in [-0.4, -0.2) is 31.7 Å². The number of nitrogens with one attached hydrogen (secondary N) is 1. The summed E-state index contributed by atoms with van der Waals surface area (Å²) in [7, 11) is 0. The van der Waals surface area contributed by atoms with E-state index in [0.29, 0.717) is 11.4 Å². The number of aromatic nitrogens is 5. The molecule has 7 nitrogen and oxygen atoms in total. The van der Waals surface area contributed by atoms with Gasteiger partial charge in [-0.05, 0) is 78.8 Å². The number of tetrazole rings is 1. The third-order valence-corrected chi connectivity index (χ3v) is 6.74. The Labute approximate surface area is 187 Å². The summed E-state index contributed by atoms with van der Waals surface area (Å²) < 4.78 is 1.89. The second-order valence-corrected chi connectivity index (χ2v) is 9.23. The zero-order valence-electron chi connectivity index (χ0n) is 19.0. The van der Waals surface area contributed by atoms with E-state index in [1.165, 1.54) is 5.56 Å². The lowest BCUT2D eigenvalue weighted by atomic mass is 9.99. The summed E-state index contributed by atoms with van der Waals surface area (Å²) in [4.78, 5) is 18.8. The lowest BCUT2D eigenvalue weighted by Gasteiger charge is -2.32. The molecule has 0 aliphatic carbocycles. The summed E-state index contributed by atoms with van der Waals surface area (Å²) in [5.74, 6) is 0.686. The summed E-state index contributed by atoms with van der Waals surface area (Å²) in [6, 6.07) is 16.1. The van der Waals surface area contributed by atoms with Crippen LogP contribution >= 0.6 is 0 Å². The molecule has 7 heteroatoms. The third-order valence-electron chi connectivity index (χ3n) is 6.74. The van der Waals surface area contributed by atoms with Crippen LogP contribution in [-0.2, 0) is 12.0 Å². The minimum atomic E-state index is -0.395. The monoisotopic (exact) mass is 428 g/mol. The van der Waals surface area contributed by atoms with Gasteiger partial charge < -0.3 is 9.88 Å². The van der Waals surface area contributed by atoms with Crippen LogP contribution in [0.25, 0.3) is 10.9 Å². The molecule has 1 aliphatic heterocycles. The molecule has 0 spiro atoms. The van der Waals surface area contributed by atoms with E-state index < -0.39 is 6.04 Å². The Morgan fingerprint density at radius 2 is 1.97 bits per heavy atom. The van der Waals surface area contributed by atoms with E-state index in [1.807, 2.05) is 29.8 Å². The number of nitrogens with zero attached hydrogens (tertiary/aromatic N) is 5. The number of anilines is 1. The van der Waals surface area contributed by atoms with Crippen LogP contribution < -0.4 is 10.5 Å². The molecule has 2 aromatic carbocycles. The van der Waals surface area contributed by atoms with Gasteiger partial charge in [-0.15, -0.1) is 5.10 Å². The van der Waals surface area contributed by atoms with Gasteiger partial charge in [-0.3, -0.25) is 4.79 Å². The van der Waals surface area contributed by atoms with Gasteiger partial charge in [0.2, 0.25) is 0 Å². The number of hydrogen-bond acceptors (Lipinski definition) is 5. The molecule has 0 amide bonds. The fourth-order valence-electron chi connectivity index (χ4n) is 4.56. The van der Waals surface area contributed by atoms with Crippen LogP contribution in [0.1, 0.15) is 55.7 Å². The second kappa shape index (κ2) is 7.58. The third kappa shape index (κ3) is 3.28. The highest BCUT2D eigenvalue weighted by atomic mass is 16.1. The van der Waals surface area contributed by atoms with E-state index >= 15 is 0 Å². The SMILES string of the molecule is CCC(C)(C)n1nnnc1C(c1cc2ccc(C)cc2[nH]c1=O)N1CCc2ccccc21. The van der Waals surface area contributed by atoms with E-state index in [1.54, 1.807) is 0 Å². The van der Waals surface area contributed by atoms with Crippen molar-refractivity contribution in [1.29, 1.82) is 0 Å². The molecule has 0 saturated heterocycles. The molecule has 0 saturated carbocycles. The summed E-state index contributed by atoms with van der Waals surface area (Å²) >= 11 is 0. The molecule has 0 radical (unpaired) electrons. The topological polar surface area (TPSA) is 79.7 Å². The minimum absolute atomic E-state index is 0.110. The van der Waals surface area contributed by atoms with Crippen molar-refractivity contribution in [1.82, 2.24) is 25.2 Å². The van der Waals surface area contributed by atoms with Gasteiger partial charge in [0.05, 0.1) is 5.54 Å². The van der Waals surface area contributed by atoms with Gasteiger partial charge >= 0.3 is 0 Å². The minimum Gasteiger partial charge on any atom is -0.357 e. The Kier molecular flexibility index (Phi) is 4.84. The predicted octanol–water partition coefficient (Wildman–Crippen LogP) is 4.12. The van der Waals surface area contributed by atoms with Crippen LogP contribution in [0.15, 0.2) is 53.3 Å². The van der Waals surface area contributed by atoms with Gasteiger partial charge in [-0.1, -0.05) is 37.3 Å². The van der Waals surface area contributed by atoms with Gasteiger partial charge in [0.25, 0.3) is 5.56 Å². The first kappa shape index (κ1) is 20.4. The Balaban J connectivity index is 1.75. The smallest absolute Gasteiger partial charge is 0.254 e. The summed E-state index contributed by atoms with van der Waals surface area (Å²) in [6.07, 6.45) is 1.79. The fourth-order valence-corrected chi connectivity index (χ4v) is 4.56. The molecule has 1 atom stereocenters. The van der Waals surface area contributed by atoms with Crippen LogP contribution in [0.3, 0.4) is 0 Å². The number of aromatic amines is 1. The van der Waals surface area contributed by atoms with Gasteiger partial charge in [0.1, 0.15) is 6.04 Å². The van der Waals surface area contributed by atoms with Crippen LogP contribution in [0.5, 0.6) is 0 Å². The molecular formula is C25H28N6O. The van der Waals surface area contributed by atoms with Crippen LogP contribution in [0.4, 0.5) is 5.69 Å². The number of hydrogen-bond donors (Lipinski definition) is 1. The molecule has 1 aliphatic rings. The van der Waals surface area contributed by atoms with Crippen molar-refractivity contribution < 1.29 is 0 Å². The highest BCUT2D eigenvalue weighted by molar-refractivity contribution is 5.80. The first-order valence-electron chi connectivity index (χ1n) is 11.2. The molecule has 4 aromatic rings. The highest BCUT2D eigenvalue weighted by Crippen LogP contribution is 2.38. The lowest BCUT2D eigenvalue weighted by Crippen LogP contribution is -2.37. The number of pyridine rings is 1. The Morgan fingerprint density at radius 1 is 1.16 bits per heavy atom. The predicted molar refractivity (Wildman–Crippen MR) is 126 cm³/mol. The Morgan fingerprint density at radius 3 is 2.78 bits per heavy atom. The molecule has 5 rings (SSSR count). The quantitative estimate of drug-likeness (QED) is 0.517. The Hall–Kier alpha value is -3.48. The maximum atomic E-state index is 13.4. The number of rotatable bonds is 5. The van der Waals surface area contributed by atoms with E-state index in [4.69, 9.17) is 0 Å². The van der Waals surface area contributed by atoms with Crippen molar-refractivity contribution >= 4 is 16.6 Å². The molecule has 1 N–H and O–H groups in total. The number of aryl methyl sites for hydroxylation is 1. The number of para-hydroxylation sites is 1. The summed E-state index contributed by atoms with van der Waals surface area (Å²) in [5.41, 5.74) is 4.62. The van der Waals surface area contributed by atoms with Gasteiger partial charge in [0.15, 0.2) is 5.82 Å². The first-order chi connectivity index (χ1) is 15.4. The van der Waals surface area contributed by atoms with E-state index in [9.17, 15) is 4.79 Å². The van der Waals surface area contributed by atoms with Crippen molar-refractivity contribution in [2.75, 3.05) is 11.4 Å². The van der Waals surface area contributed by atoms with E-state index in [2.05, 4.69) is 76.5 Å². The lowest BCUT2D eigenvalue weighted by molar-refractivity contribution is 0.287. The van der Waals surface area contributed by atoms with Crippen molar-refractivity contribution in [2.24, 2.45) is 0 Å². The molecule has 2 aromatic heterocycles. The highest BCUT2D eigenvalue weighted by Gasteiger charge is 2.36. The largest absolute Gasteiger partial charge is 0.357 e. The van der Waals surface area contributed by atoms with Crippen molar-refractivity contribution in [3.8, 4) is 0 Å². The summed E-state index contributed by atoms with van der Waals surface area (Å²) in [5, 5.41) is 13.9. The fraction of sp³-hybridized carbons (Fsp3) is 0.360. The molecule has 0 bridgehead atoms. The van der Waals surface area contributed by atoms with Crippen molar-refractivity contribution in [3.63, 3.8) is 0 Å². The average molecular weight is 429 g/mol. The maximum absolute atomic E-state index is 13.4. The summed E-state index contributed by atoms with van der Waals surface area (Å²) in [6.45, 7) is 9.19. The standard InChI is InChI=1S/C25H28N6O/c1-5-25(3,4)31-23(27-28-29-31)22(30-13-12-17-8-6-7-9-21(17)30)19-15-18-11-10-16(2)14-20(18)26-24(19)32/h6-11,14-15,22H,5,12-13H2,1-4H3,(H,26,32). The average Bonchev–Trinajstić information content (AvgIpc) is 3.43. The molecule has 0 fully saturated rings. The molecule has 1 unspecified atom stereocenters. The normalized spacial score (nSPS) is 14.7. The van der Waals surface area contributed by atoms with Crippen molar-refractivity contribution in [2.45, 2.75) is 52.1 Å². The molecule has 32 heavy (non-hydrogen) atoms. The maximum Gasteiger partial charge on any atom is 0.254 e. The van der Waals surface area contributed by atoms with E-state index in [-0.39, 0.29) is 11.1 Å². The van der Waals surface area contributed by atoms with Crippen LogP contribution in [0.2, 0.25) is 0 Å². The number of fused-ring (bicyclic) bond motifs is 2. The molecular weight excluding hydrogens is 400 g/mol. The van der Waals surface area contributed by atoms with Gasteiger partial charge in [-0.25, -0.2) is 4.68 Å². The number of H-pyrrole nitrogens is 1. The van der Waals surface area contributed by atoms with Gasteiger partial charge in [0, 0.05) is 23.3 Å². The number of benzene rings is 2. The molecule has 164 valence electrons. The van der Waals surface area contributed by atoms with Crippen molar-refractivity contribution in [3.05, 3.63) is 81.4 Å². The zero-order valence-corrected chi connectivity index (χ0v) is 19.0. The first-order valence-corrected chi connectivity index (χ1v) is 11.2. The van der Waals surface area contributed by atoms with Crippen LogP contribution in [0, 0.1) is 6.92 Å².